The maximum Gasteiger partial charge on any atom is 0.115 e. The van der Waals surface area contributed by atoms with E-state index in [1.165, 1.54) is 0 Å². The van der Waals surface area contributed by atoms with Gasteiger partial charge in [0.25, 0.3) is 0 Å². The van der Waals surface area contributed by atoms with E-state index in [1.807, 2.05) is 4.90 Å². The lowest BCUT2D eigenvalue weighted by molar-refractivity contribution is -0.0758. The summed E-state index contributed by atoms with van der Waals surface area (Å²) in [6.07, 6.45) is -0.278. The Morgan fingerprint density at radius 2 is 2.09 bits per heavy atom. The molecule has 1 saturated heterocycles. The Labute approximate surface area is 68.0 Å². The van der Waals surface area contributed by atoms with Crippen molar-refractivity contribution in [3.63, 3.8) is 0 Å². The third-order valence-corrected chi connectivity index (χ3v) is 2.02. The van der Waals surface area contributed by atoms with Crippen LogP contribution in [-0.4, -0.2) is 35.6 Å². The quantitative estimate of drug-likeness (QED) is 0.641. The lowest BCUT2D eigenvalue weighted by Gasteiger charge is -2.27. The van der Waals surface area contributed by atoms with Crippen molar-refractivity contribution >= 4 is 0 Å². The largest absolute Gasteiger partial charge is 0.379 e. The van der Waals surface area contributed by atoms with E-state index in [0.717, 1.165) is 13.2 Å². The zero-order valence-corrected chi connectivity index (χ0v) is 7.45. The first-order valence-electron chi connectivity index (χ1n) is 4.18. The SMILES string of the molecule is CC(C)C1OCCN1C(C)O. The Bertz CT molecular complexity index is 111. The lowest BCUT2D eigenvalue weighted by atomic mass is 10.2. The van der Waals surface area contributed by atoms with Gasteiger partial charge in [0, 0.05) is 6.54 Å². The number of ether oxygens (including phenoxy) is 1. The van der Waals surface area contributed by atoms with Crippen LogP contribution in [0.2, 0.25) is 0 Å². The van der Waals surface area contributed by atoms with Crippen LogP contribution >= 0.6 is 0 Å². The zero-order valence-electron chi connectivity index (χ0n) is 7.45. The van der Waals surface area contributed by atoms with Gasteiger partial charge < -0.3 is 9.84 Å². The minimum absolute atomic E-state index is 0.106. The summed E-state index contributed by atoms with van der Waals surface area (Å²) in [5, 5.41) is 9.32. The van der Waals surface area contributed by atoms with Gasteiger partial charge in [-0.05, 0) is 12.8 Å². The van der Waals surface area contributed by atoms with Crippen molar-refractivity contribution in [1.82, 2.24) is 4.90 Å². The second-order valence-electron chi connectivity index (χ2n) is 3.38. The minimum atomic E-state index is -0.384. The molecule has 2 unspecified atom stereocenters. The molecule has 66 valence electrons. The highest BCUT2D eigenvalue weighted by Gasteiger charge is 2.30. The smallest absolute Gasteiger partial charge is 0.115 e. The molecule has 2 atom stereocenters. The fraction of sp³-hybridized carbons (Fsp3) is 1.00. The number of aliphatic hydroxyl groups is 1. The Kier molecular flexibility index (Phi) is 2.87. The molecule has 1 aliphatic heterocycles. The predicted octanol–water partition coefficient (Wildman–Crippen LogP) is 0.639. The van der Waals surface area contributed by atoms with E-state index >= 15 is 0 Å². The van der Waals surface area contributed by atoms with Crippen LogP contribution in [0, 0.1) is 5.92 Å². The first-order valence-corrected chi connectivity index (χ1v) is 4.18. The summed E-state index contributed by atoms with van der Waals surface area (Å²) in [5.74, 6) is 0.451. The number of rotatable bonds is 2. The molecule has 0 aromatic carbocycles. The first kappa shape index (κ1) is 8.97. The lowest BCUT2D eigenvalue weighted by Crippen LogP contribution is -2.40. The van der Waals surface area contributed by atoms with Crippen molar-refractivity contribution < 1.29 is 9.84 Å². The summed E-state index contributed by atoms with van der Waals surface area (Å²) in [6, 6.07) is 0. The molecule has 1 N–H and O–H groups in total. The second-order valence-corrected chi connectivity index (χ2v) is 3.38. The highest BCUT2D eigenvalue weighted by atomic mass is 16.5. The molecule has 0 spiro atoms. The molecule has 0 aromatic rings. The van der Waals surface area contributed by atoms with Gasteiger partial charge in [-0.1, -0.05) is 13.8 Å². The average Bonchev–Trinajstić information content (AvgIpc) is 2.32. The van der Waals surface area contributed by atoms with Crippen molar-refractivity contribution in [2.75, 3.05) is 13.2 Å². The highest BCUT2D eigenvalue weighted by Crippen LogP contribution is 2.19. The average molecular weight is 159 g/mol. The topological polar surface area (TPSA) is 32.7 Å². The van der Waals surface area contributed by atoms with E-state index in [2.05, 4.69) is 13.8 Å². The summed E-state index contributed by atoms with van der Waals surface area (Å²) in [4.78, 5) is 1.98. The monoisotopic (exact) mass is 159 g/mol. The maximum atomic E-state index is 9.32. The van der Waals surface area contributed by atoms with E-state index in [-0.39, 0.29) is 12.5 Å². The standard InChI is InChI=1S/C8H17NO2/c1-6(2)8-9(7(3)10)4-5-11-8/h6-8,10H,4-5H2,1-3H3. The van der Waals surface area contributed by atoms with Crippen LogP contribution in [0.25, 0.3) is 0 Å². The molecule has 3 nitrogen and oxygen atoms in total. The van der Waals surface area contributed by atoms with Gasteiger partial charge in [0.15, 0.2) is 0 Å². The first-order chi connectivity index (χ1) is 5.13. The van der Waals surface area contributed by atoms with Gasteiger partial charge in [0.05, 0.1) is 6.61 Å². The van der Waals surface area contributed by atoms with Crippen LogP contribution in [0.3, 0.4) is 0 Å². The molecule has 11 heavy (non-hydrogen) atoms. The summed E-state index contributed by atoms with van der Waals surface area (Å²) in [5.41, 5.74) is 0. The molecule has 1 heterocycles. The number of nitrogens with zero attached hydrogens (tertiary/aromatic N) is 1. The highest BCUT2D eigenvalue weighted by molar-refractivity contribution is 4.72. The van der Waals surface area contributed by atoms with Crippen molar-refractivity contribution in [1.29, 1.82) is 0 Å². The fourth-order valence-electron chi connectivity index (χ4n) is 1.48. The van der Waals surface area contributed by atoms with Gasteiger partial charge in [-0.15, -0.1) is 0 Å². The zero-order chi connectivity index (χ0) is 8.43. The molecule has 0 bridgehead atoms. The molecule has 1 aliphatic rings. The summed E-state index contributed by atoms with van der Waals surface area (Å²) < 4.78 is 5.45. The molecule has 0 radical (unpaired) electrons. The summed E-state index contributed by atoms with van der Waals surface area (Å²) in [6.45, 7) is 7.58. The van der Waals surface area contributed by atoms with E-state index in [0.29, 0.717) is 5.92 Å². The molecule has 0 saturated carbocycles. The minimum Gasteiger partial charge on any atom is -0.379 e. The van der Waals surface area contributed by atoms with Crippen LogP contribution in [0.15, 0.2) is 0 Å². The molecule has 0 aromatic heterocycles. The summed E-state index contributed by atoms with van der Waals surface area (Å²) in [7, 11) is 0. The van der Waals surface area contributed by atoms with E-state index < -0.39 is 0 Å². The van der Waals surface area contributed by atoms with Crippen LogP contribution in [0.4, 0.5) is 0 Å². The molecular formula is C8H17NO2. The van der Waals surface area contributed by atoms with E-state index in [9.17, 15) is 5.11 Å². The van der Waals surface area contributed by atoms with Crippen molar-refractivity contribution in [3.8, 4) is 0 Å². The van der Waals surface area contributed by atoms with Crippen LogP contribution < -0.4 is 0 Å². The van der Waals surface area contributed by atoms with Gasteiger partial charge in [0.2, 0.25) is 0 Å². The maximum absolute atomic E-state index is 9.32. The molecule has 1 rings (SSSR count). The van der Waals surface area contributed by atoms with E-state index in [4.69, 9.17) is 4.74 Å². The molecular weight excluding hydrogens is 142 g/mol. The second kappa shape index (κ2) is 3.52. The van der Waals surface area contributed by atoms with Gasteiger partial charge in [0.1, 0.15) is 12.5 Å². The van der Waals surface area contributed by atoms with Gasteiger partial charge in [-0.3, -0.25) is 4.90 Å². The Balaban J connectivity index is 2.51. The van der Waals surface area contributed by atoms with Crippen molar-refractivity contribution in [2.45, 2.75) is 33.2 Å². The molecule has 0 aliphatic carbocycles. The van der Waals surface area contributed by atoms with Crippen molar-refractivity contribution in [2.24, 2.45) is 5.92 Å². The molecule has 3 heteroatoms. The third kappa shape index (κ3) is 1.92. The van der Waals surface area contributed by atoms with Gasteiger partial charge in [-0.25, -0.2) is 0 Å². The number of aliphatic hydroxyl groups excluding tert-OH is 1. The molecule has 1 fully saturated rings. The number of hydrogen-bond acceptors (Lipinski definition) is 3. The van der Waals surface area contributed by atoms with Crippen LogP contribution in [-0.2, 0) is 4.74 Å². The third-order valence-electron chi connectivity index (χ3n) is 2.02. The Hall–Kier alpha value is -0.120. The van der Waals surface area contributed by atoms with Crippen molar-refractivity contribution in [3.05, 3.63) is 0 Å². The normalized spacial score (nSPS) is 29.7. The van der Waals surface area contributed by atoms with Crippen LogP contribution in [0.5, 0.6) is 0 Å². The predicted molar refractivity (Wildman–Crippen MR) is 43.0 cm³/mol. The number of hydrogen-bond donors (Lipinski definition) is 1. The fourth-order valence-corrected chi connectivity index (χ4v) is 1.48. The van der Waals surface area contributed by atoms with Gasteiger partial charge >= 0.3 is 0 Å². The van der Waals surface area contributed by atoms with E-state index in [1.54, 1.807) is 6.92 Å². The van der Waals surface area contributed by atoms with Crippen LogP contribution in [0.1, 0.15) is 20.8 Å². The molecule has 0 amide bonds. The Morgan fingerprint density at radius 1 is 1.45 bits per heavy atom. The summed E-state index contributed by atoms with van der Waals surface area (Å²) >= 11 is 0. The Morgan fingerprint density at radius 3 is 2.45 bits per heavy atom. The van der Waals surface area contributed by atoms with Gasteiger partial charge in [-0.2, -0.15) is 0 Å².